The first-order valence-electron chi connectivity index (χ1n) is 8.58. The van der Waals surface area contributed by atoms with Crippen LogP contribution in [0.15, 0.2) is 60.9 Å². The Bertz CT molecular complexity index is 757. The smallest absolute Gasteiger partial charge is 0.0958 e. The Morgan fingerprint density at radius 2 is 1.78 bits per heavy atom. The van der Waals surface area contributed by atoms with Crippen molar-refractivity contribution in [2.24, 2.45) is 0 Å². The fourth-order valence-electron chi connectivity index (χ4n) is 3.53. The average molecular weight is 305 g/mol. The quantitative estimate of drug-likeness (QED) is 0.699. The van der Waals surface area contributed by atoms with Gasteiger partial charge in [0.05, 0.1) is 17.4 Å². The maximum atomic E-state index is 4.45. The molecule has 0 radical (unpaired) electrons. The third-order valence-electron chi connectivity index (χ3n) is 4.95. The van der Waals surface area contributed by atoms with Gasteiger partial charge in [-0.1, -0.05) is 42.5 Å². The zero-order valence-corrected chi connectivity index (χ0v) is 13.4. The zero-order chi connectivity index (χ0) is 15.5. The summed E-state index contributed by atoms with van der Waals surface area (Å²) < 4.78 is 2.25. The van der Waals surface area contributed by atoms with Crippen LogP contribution in [0, 0.1) is 0 Å². The largest absolute Gasteiger partial charge is 0.331 e. The molecular formula is C20H23N3. The van der Waals surface area contributed by atoms with Crippen LogP contribution in [-0.4, -0.2) is 22.1 Å². The molecule has 1 heterocycles. The van der Waals surface area contributed by atoms with Crippen LogP contribution in [0.3, 0.4) is 0 Å². The maximum Gasteiger partial charge on any atom is 0.0958 e. The van der Waals surface area contributed by atoms with Crippen molar-refractivity contribution < 1.29 is 0 Å². The molecule has 3 heteroatoms. The van der Waals surface area contributed by atoms with E-state index in [0.29, 0.717) is 6.04 Å². The number of hydrogen-bond acceptors (Lipinski definition) is 2. The molecule has 23 heavy (non-hydrogen) atoms. The molecule has 1 aliphatic rings. The molecule has 3 aromatic rings. The first-order valence-corrected chi connectivity index (χ1v) is 8.58. The Kier molecular flexibility index (Phi) is 4.12. The summed E-state index contributed by atoms with van der Waals surface area (Å²) in [5.74, 6) is 0.756. The summed E-state index contributed by atoms with van der Waals surface area (Å²) in [5, 5.41) is 3.70. The van der Waals surface area contributed by atoms with Gasteiger partial charge in [0.1, 0.15) is 0 Å². The highest BCUT2D eigenvalue weighted by Crippen LogP contribution is 2.36. The third-order valence-corrected chi connectivity index (χ3v) is 4.95. The van der Waals surface area contributed by atoms with E-state index in [1.54, 1.807) is 0 Å². The second kappa shape index (κ2) is 6.55. The lowest BCUT2D eigenvalue weighted by molar-refractivity contribution is 0.289. The first kappa shape index (κ1) is 14.5. The summed E-state index contributed by atoms with van der Waals surface area (Å²) in [6.45, 7) is 2.11. The van der Waals surface area contributed by atoms with Crippen LogP contribution in [0.1, 0.15) is 30.7 Å². The van der Waals surface area contributed by atoms with E-state index in [9.17, 15) is 0 Å². The van der Waals surface area contributed by atoms with Gasteiger partial charge in [-0.25, -0.2) is 4.98 Å². The number of nitrogens with one attached hydrogen (secondary N) is 1. The minimum atomic E-state index is 0.694. The first-order chi connectivity index (χ1) is 11.4. The van der Waals surface area contributed by atoms with Gasteiger partial charge in [0.15, 0.2) is 0 Å². The molecule has 0 unspecified atom stereocenters. The number of imidazole rings is 1. The molecule has 1 N–H and O–H groups in total. The number of aryl methyl sites for hydroxylation is 1. The molecule has 118 valence electrons. The summed E-state index contributed by atoms with van der Waals surface area (Å²) in [6.07, 6.45) is 5.66. The van der Waals surface area contributed by atoms with Gasteiger partial charge in [0.2, 0.25) is 0 Å². The van der Waals surface area contributed by atoms with E-state index in [4.69, 9.17) is 0 Å². The molecule has 4 rings (SSSR count). The van der Waals surface area contributed by atoms with Gasteiger partial charge < -0.3 is 9.88 Å². The molecule has 3 nitrogen and oxygen atoms in total. The molecule has 0 saturated heterocycles. The number of aromatic nitrogens is 2. The minimum Gasteiger partial charge on any atom is -0.331 e. The van der Waals surface area contributed by atoms with Crippen LogP contribution >= 0.6 is 0 Å². The SMILES string of the molecule is c1ccc(C2CC(NCCCn3cnc4ccccc43)C2)cc1. The van der Waals surface area contributed by atoms with E-state index in [-0.39, 0.29) is 0 Å². The molecule has 1 aliphatic carbocycles. The van der Waals surface area contributed by atoms with E-state index in [1.807, 2.05) is 12.4 Å². The van der Waals surface area contributed by atoms with Gasteiger partial charge >= 0.3 is 0 Å². The van der Waals surface area contributed by atoms with Crippen LogP contribution in [0.2, 0.25) is 0 Å². The standard InChI is InChI=1S/C20H23N3/c1-2-7-16(8-3-1)17-13-18(14-17)21-11-6-12-23-15-22-19-9-4-5-10-20(19)23/h1-5,7-10,15,17-18,21H,6,11-14H2. The Labute approximate surface area is 137 Å². The molecule has 0 aliphatic heterocycles. The third kappa shape index (κ3) is 3.15. The minimum absolute atomic E-state index is 0.694. The van der Waals surface area contributed by atoms with Crippen LogP contribution in [0.4, 0.5) is 0 Å². The van der Waals surface area contributed by atoms with Crippen molar-refractivity contribution >= 4 is 11.0 Å². The van der Waals surface area contributed by atoms with E-state index < -0.39 is 0 Å². The lowest BCUT2D eigenvalue weighted by Gasteiger charge is -2.36. The van der Waals surface area contributed by atoms with Gasteiger partial charge in [-0.05, 0) is 49.4 Å². The Balaban J connectivity index is 1.20. The number of benzene rings is 2. The van der Waals surface area contributed by atoms with E-state index in [0.717, 1.165) is 30.9 Å². The topological polar surface area (TPSA) is 29.9 Å². The molecule has 0 atom stereocenters. The molecule has 0 bridgehead atoms. The molecule has 2 aromatic carbocycles. The summed E-state index contributed by atoms with van der Waals surface area (Å²) in [7, 11) is 0. The zero-order valence-electron chi connectivity index (χ0n) is 13.4. The highest BCUT2D eigenvalue weighted by molar-refractivity contribution is 5.74. The van der Waals surface area contributed by atoms with Crippen molar-refractivity contribution in [3.05, 3.63) is 66.5 Å². The fourth-order valence-corrected chi connectivity index (χ4v) is 3.53. The Morgan fingerprint density at radius 1 is 1.00 bits per heavy atom. The lowest BCUT2D eigenvalue weighted by atomic mass is 9.76. The normalized spacial score (nSPS) is 20.5. The van der Waals surface area contributed by atoms with Gasteiger partial charge in [-0.2, -0.15) is 0 Å². The van der Waals surface area contributed by atoms with Crippen molar-refractivity contribution in [3.8, 4) is 0 Å². The summed E-state index contributed by atoms with van der Waals surface area (Å²) >= 11 is 0. The maximum absolute atomic E-state index is 4.45. The highest BCUT2D eigenvalue weighted by atomic mass is 15.0. The number of rotatable bonds is 6. The average Bonchev–Trinajstić information content (AvgIpc) is 2.97. The highest BCUT2D eigenvalue weighted by Gasteiger charge is 2.29. The predicted octanol–water partition coefficient (Wildman–Crippen LogP) is 3.96. The number of hydrogen-bond donors (Lipinski definition) is 1. The molecule has 0 amide bonds. The van der Waals surface area contributed by atoms with Gasteiger partial charge in [0, 0.05) is 12.6 Å². The molecule has 0 spiro atoms. The molecule has 1 aromatic heterocycles. The van der Waals surface area contributed by atoms with Crippen molar-refractivity contribution in [2.75, 3.05) is 6.54 Å². The monoisotopic (exact) mass is 305 g/mol. The molecule has 1 saturated carbocycles. The van der Waals surface area contributed by atoms with E-state index in [1.165, 1.54) is 23.9 Å². The van der Waals surface area contributed by atoms with Gasteiger partial charge in [-0.15, -0.1) is 0 Å². The van der Waals surface area contributed by atoms with E-state index in [2.05, 4.69) is 63.4 Å². The van der Waals surface area contributed by atoms with Gasteiger partial charge in [-0.3, -0.25) is 0 Å². The Hall–Kier alpha value is -2.13. The Morgan fingerprint density at radius 3 is 2.65 bits per heavy atom. The molecule has 1 fully saturated rings. The van der Waals surface area contributed by atoms with E-state index >= 15 is 0 Å². The number of para-hydroxylation sites is 2. The van der Waals surface area contributed by atoms with Crippen molar-refractivity contribution in [3.63, 3.8) is 0 Å². The van der Waals surface area contributed by atoms with Crippen LogP contribution in [0.25, 0.3) is 11.0 Å². The number of nitrogens with zero attached hydrogens (tertiary/aromatic N) is 2. The van der Waals surface area contributed by atoms with Gasteiger partial charge in [0.25, 0.3) is 0 Å². The second-order valence-electron chi connectivity index (χ2n) is 6.51. The summed E-state index contributed by atoms with van der Waals surface area (Å²) in [6, 6.07) is 19.9. The lowest BCUT2D eigenvalue weighted by Crippen LogP contribution is -2.40. The van der Waals surface area contributed by atoms with Crippen molar-refractivity contribution in [1.82, 2.24) is 14.9 Å². The van der Waals surface area contributed by atoms with Crippen molar-refractivity contribution in [2.45, 2.75) is 37.8 Å². The number of fused-ring (bicyclic) bond motifs is 1. The van der Waals surface area contributed by atoms with Crippen LogP contribution in [-0.2, 0) is 6.54 Å². The second-order valence-corrected chi connectivity index (χ2v) is 6.51. The predicted molar refractivity (Wildman–Crippen MR) is 94.6 cm³/mol. The van der Waals surface area contributed by atoms with Crippen molar-refractivity contribution in [1.29, 1.82) is 0 Å². The van der Waals surface area contributed by atoms with Crippen LogP contribution in [0.5, 0.6) is 0 Å². The summed E-state index contributed by atoms with van der Waals surface area (Å²) in [5.41, 5.74) is 3.82. The van der Waals surface area contributed by atoms with Crippen LogP contribution < -0.4 is 5.32 Å². The molecular weight excluding hydrogens is 282 g/mol. The summed E-state index contributed by atoms with van der Waals surface area (Å²) in [4.78, 5) is 4.45. The fraction of sp³-hybridized carbons (Fsp3) is 0.350.